The summed E-state index contributed by atoms with van der Waals surface area (Å²) in [7, 11) is 0. The summed E-state index contributed by atoms with van der Waals surface area (Å²) in [6, 6.07) is 0.332. The van der Waals surface area contributed by atoms with Crippen molar-refractivity contribution in [1.82, 2.24) is 10.2 Å². The first-order valence-corrected chi connectivity index (χ1v) is 7.63. The maximum Gasteiger partial charge on any atom is 0.237 e. The third-order valence-corrected chi connectivity index (χ3v) is 4.73. The topological polar surface area (TPSA) is 49.4 Å². The molecule has 4 nitrogen and oxygen atoms in total. The van der Waals surface area contributed by atoms with Crippen molar-refractivity contribution in [2.45, 2.75) is 64.5 Å². The molecule has 1 unspecified atom stereocenters. The molecule has 4 heteroatoms. The summed E-state index contributed by atoms with van der Waals surface area (Å²) in [6.07, 6.45) is 6.54. The van der Waals surface area contributed by atoms with Crippen molar-refractivity contribution >= 4 is 11.7 Å². The quantitative estimate of drug-likeness (QED) is 0.843. The average Bonchev–Trinajstić information content (AvgIpc) is 2.90. The number of Topliss-reactive ketones (excluding diaryl/α,β-unsaturated/α-hetero) is 1. The van der Waals surface area contributed by atoms with Gasteiger partial charge in [0.05, 0.1) is 6.04 Å². The van der Waals surface area contributed by atoms with Crippen LogP contribution in [0.1, 0.15) is 52.4 Å². The van der Waals surface area contributed by atoms with Crippen molar-refractivity contribution in [2.75, 3.05) is 13.1 Å². The van der Waals surface area contributed by atoms with Crippen LogP contribution in [0.3, 0.4) is 0 Å². The Hall–Kier alpha value is -0.900. The van der Waals surface area contributed by atoms with Crippen LogP contribution in [-0.2, 0) is 9.59 Å². The Morgan fingerprint density at radius 1 is 1.11 bits per heavy atom. The fraction of sp³-hybridized carbons (Fsp3) is 0.867. The first kappa shape index (κ1) is 14.5. The maximum atomic E-state index is 12.2. The van der Waals surface area contributed by atoms with Crippen molar-refractivity contribution in [3.63, 3.8) is 0 Å². The highest BCUT2D eigenvalue weighted by Gasteiger charge is 2.29. The number of likely N-dealkylation sites (tertiary alicyclic amines) is 1. The number of hydrogen-bond acceptors (Lipinski definition) is 3. The number of nitrogens with one attached hydrogen (secondary N) is 1. The minimum Gasteiger partial charge on any atom is -0.352 e. The van der Waals surface area contributed by atoms with Crippen molar-refractivity contribution in [1.29, 1.82) is 0 Å². The molecule has 1 heterocycles. The van der Waals surface area contributed by atoms with Crippen LogP contribution in [0.15, 0.2) is 0 Å². The zero-order chi connectivity index (χ0) is 13.8. The highest BCUT2D eigenvalue weighted by molar-refractivity contribution is 5.82. The number of ketones is 1. The predicted octanol–water partition coefficient (Wildman–Crippen LogP) is 1.73. The van der Waals surface area contributed by atoms with Gasteiger partial charge in [-0.2, -0.15) is 0 Å². The molecule has 1 atom stereocenters. The summed E-state index contributed by atoms with van der Waals surface area (Å²) in [5.41, 5.74) is 0. The van der Waals surface area contributed by atoms with E-state index in [1.54, 1.807) is 6.92 Å². The molecule has 1 aliphatic heterocycles. The fourth-order valence-electron chi connectivity index (χ4n) is 3.25. The molecule has 1 N–H and O–H groups in total. The van der Waals surface area contributed by atoms with Gasteiger partial charge in [-0.15, -0.1) is 0 Å². The van der Waals surface area contributed by atoms with Crippen molar-refractivity contribution in [3.05, 3.63) is 0 Å². The van der Waals surface area contributed by atoms with E-state index in [0.717, 1.165) is 38.8 Å². The second kappa shape index (κ2) is 6.51. The van der Waals surface area contributed by atoms with Crippen LogP contribution in [0, 0.1) is 5.92 Å². The van der Waals surface area contributed by atoms with E-state index in [4.69, 9.17) is 0 Å². The zero-order valence-corrected chi connectivity index (χ0v) is 12.2. The highest BCUT2D eigenvalue weighted by atomic mass is 16.2. The molecule has 2 aliphatic rings. The monoisotopic (exact) mass is 266 g/mol. The zero-order valence-electron chi connectivity index (χ0n) is 12.2. The van der Waals surface area contributed by atoms with Gasteiger partial charge >= 0.3 is 0 Å². The molecular weight excluding hydrogens is 240 g/mol. The number of rotatable bonds is 4. The molecular formula is C15H26N2O2. The van der Waals surface area contributed by atoms with E-state index in [1.807, 2.05) is 6.92 Å². The highest BCUT2D eigenvalue weighted by Crippen LogP contribution is 2.21. The van der Waals surface area contributed by atoms with Gasteiger partial charge in [0.2, 0.25) is 5.91 Å². The van der Waals surface area contributed by atoms with Gasteiger partial charge in [0.1, 0.15) is 5.78 Å². The summed E-state index contributed by atoms with van der Waals surface area (Å²) < 4.78 is 0. The third kappa shape index (κ3) is 3.78. The smallest absolute Gasteiger partial charge is 0.237 e. The minimum absolute atomic E-state index is 0.0616. The van der Waals surface area contributed by atoms with Crippen LogP contribution in [0.4, 0.5) is 0 Å². The number of carbonyl (C=O) groups is 2. The summed E-state index contributed by atoms with van der Waals surface area (Å²) in [5, 5.41) is 3.16. The molecule has 2 fully saturated rings. The second-order valence-corrected chi connectivity index (χ2v) is 6.09. The summed E-state index contributed by atoms with van der Waals surface area (Å²) in [4.78, 5) is 25.7. The van der Waals surface area contributed by atoms with Crippen LogP contribution in [0.5, 0.6) is 0 Å². The van der Waals surface area contributed by atoms with Crippen LogP contribution in [-0.4, -0.2) is 41.8 Å². The molecule has 19 heavy (non-hydrogen) atoms. The third-order valence-electron chi connectivity index (χ3n) is 4.73. The molecule has 1 saturated heterocycles. The van der Waals surface area contributed by atoms with Gasteiger partial charge in [-0.3, -0.25) is 14.5 Å². The molecule has 0 radical (unpaired) electrons. The van der Waals surface area contributed by atoms with Crippen LogP contribution in [0.2, 0.25) is 0 Å². The standard InChI is InChI=1S/C15H26N2O2/c1-11(15(19)16-14-5-3-4-6-14)17-9-7-13(8-10-17)12(2)18/h11,13-14H,3-10H2,1-2H3,(H,16,19). The molecule has 0 spiro atoms. The van der Waals surface area contributed by atoms with Crippen molar-refractivity contribution in [3.8, 4) is 0 Å². The number of hydrogen-bond donors (Lipinski definition) is 1. The van der Waals surface area contributed by atoms with E-state index in [0.29, 0.717) is 11.8 Å². The number of piperidine rings is 1. The predicted molar refractivity (Wildman–Crippen MR) is 74.8 cm³/mol. The Morgan fingerprint density at radius 2 is 1.68 bits per heavy atom. The van der Waals surface area contributed by atoms with Gasteiger partial charge in [-0.25, -0.2) is 0 Å². The van der Waals surface area contributed by atoms with Crippen LogP contribution >= 0.6 is 0 Å². The van der Waals surface area contributed by atoms with Crippen LogP contribution < -0.4 is 5.32 Å². The Balaban J connectivity index is 1.78. The molecule has 2 rings (SSSR count). The summed E-state index contributed by atoms with van der Waals surface area (Å²) in [5.74, 6) is 0.664. The average molecular weight is 266 g/mol. The number of amides is 1. The van der Waals surface area contributed by atoms with Crippen LogP contribution in [0.25, 0.3) is 0 Å². The Kier molecular flexibility index (Phi) is 4.97. The van der Waals surface area contributed by atoms with E-state index in [2.05, 4.69) is 10.2 Å². The summed E-state index contributed by atoms with van der Waals surface area (Å²) in [6.45, 7) is 5.39. The normalized spacial score (nSPS) is 24.3. The van der Waals surface area contributed by atoms with E-state index in [1.165, 1.54) is 12.8 Å². The first-order valence-electron chi connectivity index (χ1n) is 7.63. The minimum atomic E-state index is -0.0616. The largest absolute Gasteiger partial charge is 0.352 e. The van der Waals surface area contributed by atoms with E-state index in [9.17, 15) is 9.59 Å². The van der Waals surface area contributed by atoms with Gasteiger partial charge in [-0.05, 0) is 52.6 Å². The van der Waals surface area contributed by atoms with Gasteiger partial charge in [-0.1, -0.05) is 12.8 Å². The lowest BCUT2D eigenvalue weighted by molar-refractivity contribution is -0.127. The molecule has 1 amide bonds. The molecule has 1 saturated carbocycles. The number of nitrogens with zero attached hydrogens (tertiary/aromatic N) is 1. The molecule has 0 bridgehead atoms. The van der Waals surface area contributed by atoms with E-state index in [-0.39, 0.29) is 17.9 Å². The molecule has 0 aromatic rings. The second-order valence-electron chi connectivity index (χ2n) is 6.09. The van der Waals surface area contributed by atoms with Gasteiger partial charge in [0, 0.05) is 12.0 Å². The Labute approximate surface area is 115 Å². The molecule has 0 aromatic carbocycles. The Bertz CT molecular complexity index is 329. The number of carbonyl (C=O) groups excluding carboxylic acids is 2. The van der Waals surface area contributed by atoms with Gasteiger partial charge in [0.15, 0.2) is 0 Å². The van der Waals surface area contributed by atoms with Crippen molar-refractivity contribution in [2.24, 2.45) is 5.92 Å². The van der Waals surface area contributed by atoms with Gasteiger partial charge in [0.25, 0.3) is 0 Å². The summed E-state index contributed by atoms with van der Waals surface area (Å²) >= 11 is 0. The van der Waals surface area contributed by atoms with Gasteiger partial charge < -0.3 is 5.32 Å². The first-order chi connectivity index (χ1) is 9.08. The fourth-order valence-corrected chi connectivity index (χ4v) is 3.25. The maximum absolute atomic E-state index is 12.2. The molecule has 108 valence electrons. The van der Waals surface area contributed by atoms with Crippen molar-refractivity contribution < 1.29 is 9.59 Å². The molecule has 0 aromatic heterocycles. The van der Waals surface area contributed by atoms with E-state index < -0.39 is 0 Å². The lowest BCUT2D eigenvalue weighted by Gasteiger charge is -2.34. The lowest BCUT2D eigenvalue weighted by Crippen LogP contribution is -2.50. The SMILES string of the molecule is CC(=O)C1CCN(C(C)C(=O)NC2CCCC2)CC1. The Morgan fingerprint density at radius 3 is 2.21 bits per heavy atom. The lowest BCUT2D eigenvalue weighted by atomic mass is 9.92. The molecule has 1 aliphatic carbocycles. The van der Waals surface area contributed by atoms with E-state index >= 15 is 0 Å².